The number of imide groups is 2. The second-order valence-corrected chi connectivity index (χ2v) is 10.1. The Labute approximate surface area is 224 Å². The lowest BCUT2D eigenvalue weighted by atomic mass is 10.1. The average Bonchev–Trinajstić information content (AvgIpc) is 2.79. The fraction of sp³-hybridized carbons (Fsp3) is 0.115. The standard InChI is InChI=1S/C26H19Br2ClN2O4/c1-14-3-6-16(7-4-14)13-35-23-20(27)10-17(11-21(23)28)9-19-24(32)30-26(34)31(25(19)33)22-12-18(29)8-5-15(22)2/h3-12H,13H2,1-2H3,(H,30,32,34)/b19-9+. The van der Waals surface area contributed by atoms with Crippen molar-refractivity contribution >= 4 is 73.1 Å². The first-order chi connectivity index (χ1) is 16.6. The summed E-state index contributed by atoms with van der Waals surface area (Å²) in [6.45, 7) is 4.14. The van der Waals surface area contributed by atoms with E-state index in [1.807, 2.05) is 31.2 Å². The molecular weight excluding hydrogens is 600 g/mol. The van der Waals surface area contributed by atoms with Crippen molar-refractivity contribution in [3.05, 3.63) is 96.4 Å². The zero-order valence-electron chi connectivity index (χ0n) is 18.7. The zero-order chi connectivity index (χ0) is 25.3. The number of nitrogens with one attached hydrogen (secondary N) is 1. The van der Waals surface area contributed by atoms with Gasteiger partial charge in [-0.3, -0.25) is 14.9 Å². The molecule has 1 aliphatic heterocycles. The van der Waals surface area contributed by atoms with E-state index >= 15 is 0 Å². The number of aryl methyl sites for hydroxylation is 2. The van der Waals surface area contributed by atoms with Crippen molar-refractivity contribution in [1.29, 1.82) is 0 Å². The van der Waals surface area contributed by atoms with Crippen molar-refractivity contribution in [1.82, 2.24) is 5.32 Å². The molecule has 6 nitrogen and oxygen atoms in total. The van der Waals surface area contributed by atoms with Crippen molar-refractivity contribution in [3.63, 3.8) is 0 Å². The number of nitrogens with zero attached hydrogens (tertiary/aromatic N) is 1. The van der Waals surface area contributed by atoms with Crippen molar-refractivity contribution in [2.24, 2.45) is 0 Å². The molecule has 35 heavy (non-hydrogen) atoms. The summed E-state index contributed by atoms with van der Waals surface area (Å²) in [5.74, 6) is -0.933. The van der Waals surface area contributed by atoms with Crippen LogP contribution in [0.25, 0.3) is 6.08 Å². The topological polar surface area (TPSA) is 75.7 Å². The Bertz CT molecular complexity index is 1360. The number of anilines is 1. The summed E-state index contributed by atoms with van der Waals surface area (Å²) in [5.41, 5.74) is 3.53. The SMILES string of the molecule is Cc1ccc(COc2c(Br)cc(/C=C3\C(=O)NC(=O)N(c4cc(Cl)ccc4C)C3=O)cc2Br)cc1. The molecule has 0 bridgehead atoms. The molecule has 3 aromatic carbocycles. The van der Waals surface area contributed by atoms with E-state index in [4.69, 9.17) is 16.3 Å². The quantitative estimate of drug-likeness (QED) is 0.254. The van der Waals surface area contributed by atoms with Crippen LogP contribution in [0, 0.1) is 13.8 Å². The van der Waals surface area contributed by atoms with Crippen LogP contribution in [0.2, 0.25) is 5.02 Å². The van der Waals surface area contributed by atoms with E-state index in [0.29, 0.717) is 43.1 Å². The highest BCUT2D eigenvalue weighted by Gasteiger charge is 2.37. The molecule has 1 aliphatic rings. The molecule has 0 atom stereocenters. The number of benzene rings is 3. The van der Waals surface area contributed by atoms with Crippen LogP contribution in [0.3, 0.4) is 0 Å². The summed E-state index contributed by atoms with van der Waals surface area (Å²) in [5, 5.41) is 2.59. The van der Waals surface area contributed by atoms with Crippen LogP contribution in [0.15, 0.2) is 69.1 Å². The van der Waals surface area contributed by atoms with Gasteiger partial charge in [0.05, 0.1) is 14.6 Å². The van der Waals surface area contributed by atoms with E-state index in [1.165, 1.54) is 17.7 Å². The highest BCUT2D eigenvalue weighted by Crippen LogP contribution is 2.36. The summed E-state index contributed by atoms with van der Waals surface area (Å²) in [6.07, 6.45) is 1.43. The molecule has 1 heterocycles. The molecule has 1 saturated heterocycles. The lowest BCUT2D eigenvalue weighted by Crippen LogP contribution is -2.54. The van der Waals surface area contributed by atoms with E-state index in [1.54, 1.807) is 31.2 Å². The number of hydrogen-bond acceptors (Lipinski definition) is 4. The van der Waals surface area contributed by atoms with Gasteiger partial charge in [0.15, 0.2) is 0 Å². The Kier molecular flexibility index (Phi) is 7.44. The molecule has 1 N–H and O–H groups in total. The van der Waals surface area contributed by atoms with E-state index in [-0.39, 0.29) is 5.57 Å². The van der Waals surface area contributed by atoms with Crippen LogP contribution in [-0.2, 0) is 16.2 Å². The number of amides is 4. The number of hydrogen-bond donors (Lipinski definition) is 1. The monoisotopic (exact) mass is 616 g/mol. The number of carbonyl (C=O) groups excluding carboxylic acids is 3. The molecule has 4 amide bonds. The van der Waals surface area contributed by atoms with Crippen LogP contribution in [-0.4, -0.2) is 17.8 Å². The lowest BCUT2D eigenvalue weighted by molar-refractivity contribution is -0.122. The molecule has 9 heteroatoms. The van der Waals surface area contributed by atoms with Crippen LogP contribution in [0.1, 0.15) is 22.3 Å². The minimum Gasteiger partial charge on any atom is -0.487 e. The summed E-state index contributed by atoms with van der Waals surface area (Å²) in [7, 11) is 0. The smallest absolute Gasteiger partial charge is 0.335 e. The second-order valence-electron chi connectivity index (χ2n) is 7.98. The summed E-state index contributed by atoms with van der Waals surface area (Å²) < 4.78 is 7.23. The molecule has 0 unspecified atom stereocenters. The average molecular weight is 619 g/mol. The first kappa shape index (κ1) is 25.2. The van der Waals surface area contributed by atoms with Crippen LogP contribution >= 0.6 is 43.5 Å². The molecule has 3 aromatic rings. The predicted molar refractivity (Wildman–Crippen MR) is 143 cm³/mol. The van der Waals surface area contributed by atoms with Crippen molar-refractivity contribution in [2.75, 3.05) is 4.90 Å². The minimum atomic E-state index is -0.829. The maximum atomic E-state index is 13.2. The number of rotatable bonds is 5. The molecule has 0 spiro atoms. The van der Waals surface area contributed by atoms with Crippen LogP contribution in [0.5, 0.6) is 5.75 Å². The van der Waals surface area contributed by atoms with Crippen LogP contribution < -0.4 is 15.0 Å². The number of barbiturate groups is 1. The molecular formula is C26H19Br2ClN2O4. The molecule has 0 radical (unpaired) electrons. The molecule has 0 aliphatic carbocycles. The summed E-state index contributed by atoms with van der Waals surface area (Å²) in [4.78, 5) is 39.2. The fourth-order valence-corrected chi connectivity index (χ4v) is 5.12. The van der Waals surface area contributed by atoms with E-state index in [2.05, 4.69) is 37.2 Å². The molecule has 0 saturated carbocycles. The first-order valence-electron chi connectivity index (χ1n) is 10.5. The van der Waals surface area contributed by atoms with Gasteiger partial charge in [-0.1, -0.05) is 47.5 Å². The summed E-state index contributed by atoms with van der Waals surface area (Å²) >= 11 is 13.1. The summed E-state index contributed by atoms with van der Waals surface area (Å²) in [6, 6.07) is 15.5. The van der Waals surface area contributed by atoms with Gasteiger partial charge in [0.25, 0.3) is 11.8 Å². The number of ether oxygens (including phenoxy) is 1. The van der Waals surface area contributed by atoms with Gasteiger partial charge in [-0.25, -0.2) is 9.69 Å². The third kappa shape index (κ3) is 5.50. The van der Waals surface area contributed by atoms with Gasteiger partial charge in [-0.2, -0.15) is 0 Å². The Morgan fingerprint density at radius 3 is 2.29 bits per heavy atom. The largest absolute Gasteiger partial charge is 0.487 e. The van der Waals surface area contributed by atoms with Gasteiger partial charge >= 0.3 is 6.03 Å². The Morgan fingerprint density at radius 2 is 1.63 bits per heavy atom. The van der Waals surface area contributed by atoms with Gasteiger partial charge in [-0.15, -0.1) is 0 Å². The van der Waals surface area contributed by atoms with Gasteiger partial charge in [0.2, 0.25) is 0 Å². The molecule has 1 fully saturated rings. The molecule has 4 rings (SSSR count). The Balaban J connectivity index is 1.62. The van der Waals surface area contributed by atoms with Crippen molar-refractivity contribution in [2.45, 2.75) is 20.5 Å². The van der Waals surface area contributed by atoms with E-state index in [9.17, 15) is 14.4 Å². The van der Waals surface area contributed by atoms with Crippen molar-refractivity contribution in [3.8, 4) is 5.75 Å². The Hall–Kier alpha value is -2.94. The zero-order valence-corrected chi connectivity index (χ0v) is 22.6. The van der Waals surface area contributed by atoms with E-state index < -0.39 is 17.8 Å². The minimum absolute atomic E-state index is 0.184. The van der Waals surface area contributed by atoms with Crippen molar-refractivity contribution < 1.29 is 19.1 Å². The second kappa shape index (κ2) is 10.4. The number of urea groups is 1. The Morgan fingerprint density at radius 1 is 0.971 bits per heavy atom. The van der Waals surface area contributed by atoms with Gasteiger partial charge < -0.3 is 4.74 Å². The van der Waals surface area contributed by atoms with E-state index in [0.717, 1.165) is 10.5 Å². The maximum absolute atomic E-state index is 13.2. The van der Waals surface area contributed by atoms with Gasteiger partial charge in [0, 0.05) is 5.02 Å². The van der Waals surface area contributed by atoms with Crippen LogP contribution in [0.4, 0.5) is 10.5 Å². The molecule has 0 aromatic heterocycles. The third-order valence-electron chi connectivity index (χ3n) is 5.35. The molecule has 178 valence electrons. The number of halogens is 3. The highest BCUT2D eigenvalue weighted by molar-refractivity contribution is 9.11. The number of carbonyl (C=O) groups is 3. The maximum Gasteiger partial charge on any atom is 0.335 e. The first-order valence-corrected chi connectivity index (χ1v) is 12.5. The predicted octanol–water partition coefficient (Wildman–Crippen LogP) is 6.73. The highest BCUT2D eigenvalue weighted by atomic mass is 79.9. The van der Waals surface area contributed by atoms with Gasteiger partial charge in [-0.05, 0) is 92.7 Å². The normalized spacial score (nSPS) is 14.9. The third-order valence-corrected chi connectivity index (χ3v) is 6.76. The lowest BCUT2D eigenvalue weighted by Gasteiger charge is -2.27. The fourth-order valence-electron chi connectivity index (χ4n) is 3.51. The van der Waals surface area contributed by atoms with Gasteiger partial charge in [0.1, 0.15) is 17.9 Å².